The summed E-state index contributed by atoms with van der Waals surface area (Å²) in [5, 5.41) is 9.69. The standard InChI is InChI=1S/C16H23N3O4/c1-3-5-16(11-20)6-4-7-18(10-16)13(21)9-19-8-12(2)14(22)17-15(19)23/h3,8,20H,1,4-7,9-11H2,2H3,(H,17,22,23)/t16-/m1/s1. The molecule has 0 spiro atoms. The number of likely N-dealkylation sites (tertiary alicyclic amines) is 1. The van der Waals surface area contributed by atoms with Crippen LogP contribution in [0, 0.1) is 12.3 Å². The number of hydrogen-bond acceptors (Lipinski definition) is 4. The zero-order chi connectivity index (χ0) is 17.0. The Hall–Kier alpha value is -2.15. The smallest absolute Gasteiger partial charge is 0.328 e. The SMILES string of the molecule is C=CC[C@@]1(CO)CCCN(C(=O)Cn2cc(C)c(=O)[nH]c2=O)C1. The molecule has 23 heavy (non-hydrogen) atoms. The van der Waals surface area contributed by atoms with Gasteiger partial charge >= 0.3 is 5.69 Å². The number of piperidine rings is 1. The summed E-state index contributed by atoms with van der Waals surface area (Å²) in [6.45, 7) is 6.24. The summed E-state index contributed by atoms with van der Waals surface area (Å²) in [5.41, 5.74) is -0.999. The van der Waals surface area contributed by atoms with E-state index in [0.717, 1.165) is 12.8 Å². The van der Waals surface area contributed by atoms with E-state index in [1.54, 1.807) is 17.9 Å². The number of nitrogens with zero attached hydrogens (tertiary/aromatic N) is 2. The number of aromatic nitrogens is 2. The zero-order valence-corrected chi connectivity index (χ0v) is 13.4. The van der Waals surface area contributed by atoms with Crippen LogP contribution in [0.1, 0.15) is 24.8 Å². The maximum Gasteiger partial charge on any atom is 0.328 e. The van der Waals surface area contributed by atoms with Crippen molar-refractivity contribution in [2.45, 2.75) is 32.7 Å². The van der Waals surface area contributed by atoms with Crippen LogP contribution in [0.25, 0.3) is 0 Å². The number of amides is 1. The Labute approximate surface area is 134 Å². The van der Waals surface area contributed by atoms with Crippen LogP contribution in [0.3, 0.4) is 0 Å². The van der Waals surface area contributed by atoms with E-state index >= 15 is 0 Å². The number of nitrogens with one attached hydrogen (secondary N) is 1. The van der Waals surface area contributed by atoms with Crippen molar-refractivity contribution in [3.8, 4) is 0 Å². The number of allylic oxidation sites excluding steroid dienone is 1. The summed E-state index contributed by atoms with van der Waals surface area (Å²) in [6.07, 6.45) is 5.45. The maximum atomic E-state index is 12.5. The highest BCUT2D eigenvalue weighted by atomic mass is 16.3. The Morgan fingerprint density at radius 2 is 2.26 bits per heavy atom. The molecular formula is C16H23N3O4. The van der Waals surface area contributed by atoms with Crippen molar-refractivity contribution in [2.24, 2.45) is 5.41 Å². The summed E-state index contributed by atoms with van der Waals surface area (Å²) in [5.74, 6) is -0.194. The molecule has 126 valence electrons. The Morgan fingerprint density at radius 1 is 1.52 bits per heavy atom. The van der Waals surface area contributed by atoms with Crippen molar-refractivity contribution >= 4 is 5.91 Å². The minimum Gasteiger partial charge on any atom is -0.396 e. The molecule has 7 heteroatoms. The summed E-state index contributed by atoms with van der Waals surface area (Å²) in [6, 6.07) is 0. The number of aromatic amines is 1. The van der Waals surface area contributed by atoms with Crippen LogP contribution in [-0.2, 0) is 11.3 Å². The van der Waals surface area contributed by atoms with Crippen LogP contribution < -0.4 is 11.2 Å². The van der Waals surface area contributed by atoms with Crippen molar-refractivity contribution in [3.05, 3.63) is 45.3 Å². The number of aryl methyl sites for hydroxylation is 1. The lowest BCUT2D eigenvalue weighted by atomic mass is 9.78. The summed E-state index contributed by atoms with van der Waals surface area (Å²) < 4.78 is 1.21. The molecule has 1 aromatic rings. The highest BCUT2D eigenvalue weighted by molar-refractivity contribution is 5.76. The van der Waals surface area contributed by atoms with E-state index in [1.807, 2.05) is 0 Å². The number of carbonyl (C=O) groups excluding carboxylic acids is 1. The van der Waals surface area contributed by atoms with Gasteiger partial charge in [0.2, 0.25) is 5.91 Å². The van der Waals surface area contributed by atoms with Crippen LogP contribution in [-0.4, -0.2) is 45.2 Å². The number of aliphatic hydroxyl groups excluding tert-OH is 1. The van der Waals surface area contributed by atoms with Gasteiger partial charge in [0.1, 0.15) is 6.54 Å². The average molecular weight is 321 g/mol. The van der Waals surface area contributed by atoms with Crippen molar-refractivity contribution in [2.75, 3.05) is 19.7 Å². The lowest BCUT2D eigenvalue weighted by molar-refractivity contribution is -0.136. The number of aliphatic hydroxyl groups is 1. The number of carbonyl (C=O) groups is 1. The predicted octanol–water partition coefficient (Wildman–Crippen LogP) is 0.0222. The molecule has 1 amide bonds. The van der Waals surface area contributed by atoms with Gasteiger partial charge in [-0.25, -0.2) is 4.79 Å². The Balaban J connectivity index is 2.14. The third-order valence-electron chi connectivity index (χ3n) is 4.42. The Bertz CT molecular complexity index is 706. The topological polar surface area (TPSA) is 95.4 Å². The lowest BCUT2D eigenvalue weighted by Gasteiger charge is -2.41. The Kier molecular flexibility index (Phi) is 5.20. The highest BCUT2D eigenvalue weighted by Crippen LogP contribution is 2.33. The van der Waals surface area contributed by atoms with Gasteiger partial charge in [-0.3, -0.25) is 19.1 Å². The first-order chi connectivity index (χ1) is 10.9. The maximum absolute atomic E-state index is 12.5. The van der Waals surface area contributed by atoms with Gasteiger partial charge in [-0.05, 0) is 26.2 Å². The molecule has 0 aliphatic carbocycles. The summed E-state index contributed by atoms with van der Waals surface area (Å²) >= 11 is 0. The van der Waals surface area contributed by atoms with Crippen molar-refractivity contribution < 1.29 is 9.90 Å². The normalized spacial score (nSPS) is 21.2. The fraction of sp³-hybridized carbons (Fsp3) is 0.562. The van der Waals surface area contributed by atoms with Gasteiger partial charge in [0.25, 0.3) is 5.56 Å². The van der Waals surface area contributed by atoms with Crippen LogP contribution in [0.15, 0.2) is 28.4 Å². The summed E-state index contributed by atoms with van der Waals surface area (Å²) in [4.78, 5) is 39.5. The fourth-order valence-corrected chi connectivity index (χ4v) is 3.07. The molecule has 2 N–H and O–H groups in total. The van der Waals surface area contributed by atoms with E-state index in [-0.39, 0.29) is 24.5 Å². The van der Waals surface area contributed by atoms with E-state index in [4.69, 9.17) is 0 Å². The lowest BCUT2D eigenvalue weighted by Crippen LogP contribution is -2.49. The van der Waals surface area contributed by atoms with E-state index < -0.39 is 11.2 Å². The van der Waals surface area contributed by atoms with E-state index in [9.17, 15) is 19.5 Å². The molecule has 0 aromatic carbocycles. The largest absolute Gasteiger partial charge is 0.396 e. The molecule has 1 fully saturated rings. The molecule has 0 saturated carbocycles. The Morgan fingerprint density at radius 3 is 2.91 bits per heavy atom. The molecule has 1 aliphatic rings. The van der Waals surface area contributed by atoms with E-state index in [1.165, 1.54) is 10.8 Å². The number of hydrogen-bond donors (Lipinski definition) is 2. The van der Waals surface area contributed by atoms with Gasteiger partial charge in [-0.1, -0.05) is 6.08 Å². The predicted molar refractivity (Wildman–Crippen MR) is 86.2 cm³/mol. The molecule has 2 heterocycles. The molecule has 1 saturated heterocycles. The van der Waals surface area contributed by atoms with Gasteiger partial charge in [0, 0.05) is 30.3 Å². The second-order valence-electron chi connectivity index (χ2n) is 6.27. The first-order valence-corrected chi connectivity index (χ1v) is 7.71. The quantitative estimate of drug-likeness (QED) is 0.748. The first-order valence-electron chi connectivity index (χ1n) is 7.71. The van der Waals surface area contributed by atoms with Gasteiger partial charge in [-0.2, -0.15) is 0 Å². The van der Waals surface area contributed by atoms with Crippen LogP contribution >= 0.6 is 0 Å². The molecule has 1 atom stereocenters. The van der Waals surface area contributed by atoms with Gasteiger partial charge in [0.15, 0.2) is 0 Å². The van der Waals surface area contributed by atoms with E-state index in [0.29, 0.717) is 25.1 Å². The molecule has 1 aromatic heterocycles. The first kappa shape index (κ1) is 17.2. The van der Waals surface area contributed by atoms with Gasteiger partial charge < -0.3 is 10.0 Å². The molecule has 2 rings (SSSR count). The number of rotatable bonds is 5. The molecular weight excluding hydrogens is 298 g/mol. The third kappa shape index (κ3) is 3.79. The second-order valence-corrected chi connectivity index (χ2v) is 6.27. The second kappa shape index (κ2) is 6.95. The minimum atomic E-state index is -0.592. The van der Waals surface area contributed by atoms with Gasteiger partial charge in [-0.15, -0.1) is 6.58 Å². The molecule has 7 nitrogen and oxygen atoms in total. The van der Waals surface area contributed by atoms with E-state index in [2.05, 4.69) is 11.6 Å². The van der Waals surface area contributed by atoms with Crippen molar-refractivity contribution in [1.82, 2.24) is 14.5 Å². The van der Waals surface area contributed by atoms with Crippen LogP contribution in [0.2, 0.25) is 0 Å². The average Bonchev–Trinajstić information content (AvgIpc) is 2.53. The monoisotopic (exact) mass is 321 g/mol. The van der Waals surface area contributed by atoms with Crippen molar-refractivity contribution in [1.29, 1.82) is 0 Å². The van der Waals surface area contributed by atoms with Crippen LogP contribution in [0.4, 0.5) is 0 Å². The van der Waals surface area contributed by atoms with Gasteiger partial charge in [0.05, 0.1) is 6.61 Å². The van der Waals surface area contributed by atoms with Crippen molar-refractivity contribution in [3.63, 3.8) is 0 Å². The van der Waals surface area contributed by atoms with Crippen LogP contribution in [0.5, 0.6) is 0 Å². The molecule has 1 aliphatic heterocycles. The minimum absolute atomic E-state index is 0.000509. The number of H-pyrrole nitrogens is 1. The molecule has 0 radical (unpaired) electrons. The zero-order valence-electron chi connectivity index (χ0n) is 13.4. The summed E-state index contributed by atoms with van der Waals surface area (Å²) in [7, 11) is 0. The molecule has 0 bridgehead atoms. The molecule has 0 unspecified atom stereocenters. The fourth-order valence-electron chi connectivity index (χ4n) is 3.07. The third-order valence-corrected chi connectivity index (χ3v) is 4.42. The highest BCUT2D eigenvalue weighted by Gasteiger charge is 2.35.